The molecule has 0 fully saturated rings. The Bertz CT molecular complexity index is 840. The number of carbonyl (C=O) groups excluding carboxylic acids is 1. The van der Waals surface area contributed by atoms with E-state index in [0.717, 1.165) is 20.8 Å². The molecule has 1 atom stereocenters. The van der Waals surface area contributed by atoms with Gasteiger partial charge in [0.2, 0.25) is 0 Å². The molecule has 122 valence electrons. The number of halogens is 1. The third kappa shape index (κ3) is 3.66. The van der Waals surface area contributed by atoms with E-state index in [9.17, 15) is 4.79 Å². The van der Waals surface area contributed by atoms with Crippen LogP contribution in [0.5, 0.6) is 0 Å². The number of fused-ring (bicyclic) bond motifs is 1. The van der Waals surface area contributed by atoms with Crippen LogP contribution in [0.4, 0.5) is 0 Å². The van der Waals surface area contributed by atoms with Gasteiger partial charge >= 0.3 is 0 Å². The number of benzene rings is 3. The van der Waals surface area contributed by atoms with Crippen molar-refractivity contribution in [3.63, 3.8) is 0 Å². The van der Waals surface area contributed by atoms with Crippen LogP contribution in [0.2, 0.25) is 0 Å². The van der Waals surface area contributed by atoms with E-state index in [1.54, 1.807) is 0 Å². The van der Waals surface area contributed by atoms with Crippen molar-refractivity contribution in [3.8, 4) is 0 Å². The zero-order valence-corrected chi connectivity index (χ0v) is 14.9. The molecule has 0 radical (unpaired) electrons. The summed E-state index contributed by atoms with van der Waals surface area (Å²) in [5.74, 6) is -0.145. The van der Waals surface area contributed by atoms with Crippen LogP contribution in [-0.2, 0) is 4.74 Å². The maximum absolute atomic E-state index is 12.8. The summed E-state index contributed by atoms with van der Waals surface area (Å²) in [7, 11) is 0. The van der Waals surface area contributed by atoms with Crippen LogP contribution in [0.1, 0.15) is 29.1 Å². The molecule has 0 saturated carbocycles. The summed E-state index contributed by atoms with van der Waals surface area (Å²) >= 11 is 3.42. The fraction of sp³-hybridized carbons (Fsp3) is 0.150. The second kappa shape index (κ2) is 7.60. The molecule has 0 aliphatic rings. The van der Waals surface area contributed by atoms with Gasteiger partial charge < -0.3 is 10.1 Å². The monoisotopic (exact) mass is 383 g/mol. The Balaban J connectivity index is 1.89. The van der Waals surface area contributed by atoms with Crippen LogP contribution in [0, 0.1) is 0 Å². The Morgan fingerprint density at radius 1 is 1.04 bits per heavy atom. The molecule has 0 aromatic heterocycles. The van der Waals surface area contributed by atoms with Gasteiger partial charge in [-0.1, -0.05) is 64.5 Å². The van der Waals surface area contributed by atoms with E-state index in [0.29, 0.717) is 12.2 Å². The second-order valence-corrected chi connectivity index (χ2v) is 6.30. The number of rotatable bonds is 5. The molecular weight excluding hydrogens is 366 g/mol. The van der Waals surface area contributed by atoms with Gasteiger partial charge in [-0.3, -0.25) is 4.79 Å². The molecule has 1 N–H and O–H groups in total. The van der Waals surface area contributed by atoms with E-state index in [4.69, 9.17) is 4.74 Å². The van der Waals surface area contributed by atoms with E-state index in [1.165, 1.54) is 0 Å². The van der Waals surface area contributed by atoms with E-state index in [-0.39, 0.29) is 5.91 Å². The van der Waals surface area contributed by atoms with Crippen LogP contribution >= 0.6 is 15.9 Å². The third-order valence-corrected chi connectivity index (χ3v) is 4.33. The topological polar surface area (TPSA) is 38.3 Å². The highest BCUT2D eigenvalue weighted by atomic mass is 79.9. The van der Waals surface area contributed by atoms with Crippen molar-refractivity contribution in [2.24, 2.45) is 0 Å². The molecule has 3 aromatic rings. The van der Waals surface area contributed by atoms with Crippen molar-refractivity contribution in [1.29, 1.82) is 0 Å². The Morgan fingerprint density at radius 3 is 2.50 bits per heavy atom. The lowest BCUT2D eigenvalue weighted by Gasteiger charge is -2.19. The molecule has 3 rings (SSSR count). The molecule has 1 unspecified atom stereocenters. The molecule has 0 spiro atoms. The normalized spacial score (nSPS) is 12.1. The number of hydrogen-bond acceptors (Lipinski definition) is 2. The lowest BCUT2D eigenvalue weighted by atomic mass is 10.0. The first kappa shape index (κ1) is 16.7. The van der Waals surface area contributed by atoms with Crippen LogP contribution in [-0.4, -0.2) is 12.5 Å². The van der Waals surface area contributed by atoms with E-state index in [1.807, 2.05) is 73.7 Å². The number of hydrogen-bond donors (Lipinski definition) is 1. The summed E-state index contributed by atoms with van der Waals surface area (Å²) in [6.07, 6.45) is -0.477. The molecule has 0 aliphatic carbocycles. The fourth-order valence-electron chi connectivity index (χ4n) is 2.65. The predicted molar refractivity (Wildman–Crippen MR) is 99.9 cm³/mol. The van der Waals surface area contributed by atoms with Crippen molar-refractivity contribution in [2.45, 2.75) is 13.2 Å². The Labute approximate surface area is 149 Å². The summed E-state index contributed by atoms with van der Waals surface area (Å²) in [6.45, 7) is 2.42. The minimum Gasteiger partial charge on any atom is -0.354 e. The zero-order valence-electron chi connectivity index (χ0n) is 13.3. The van der Waals surface area contributed by atoms with Gasteiger partial charge in [0, 0.05) is 22.2 Å². The van der Waals surface area contributed by atoms with Gasteiger partial charge in [0.15, 0.2) is 6.23 Å². The smallest absolute Gasteiger partial charge is 0.254 e. The van der Waals surface area contributed by atoms with E-state index >= 15 is 0 Å². The van der Waals surface area contributed by atoms with Crippen LogP contribution in [0.3, 0.4) is 0 Å². The van der Waals surface area contributed by atoms with Gasteiger partial charge in [0.05, 0.1) is 0 Å². The van der Waals surface area contributed by atoms with E-state index < -0.39 is 6.23 Å². The average molecular weight is 384 g/mol. The third-order valence-electron chi connectivity index (χ3n) is 3.80. The van der Waals surface area contributed by atoms with Gasteiger partial charge in [-0.2, -0.15) is 0 Å². The first-order valence-electron chi connectivity index (χ1n) is 7.84. The number of ether oxygens (including phenoxy) is 1. The molecule has 1 amide bonds. The van der Waals surface area contributed by atoms with Crippen LogP contribution in [0.25, 0.3) is 10.8 Å². The second-order valence-electron chi connectivity index (χ2n) is 5.39. The van der Waals surface area contributed by atoms with E-state index in [2.05, 4.69) is 21.2 Å². The van der Waals surface area contributed by atoms with Gasteiger partial charge in [-0.15, -0.1) is 0 Å². The maximum Gasteiger partial charge on any atom is 0.254 e. The summed E-state index contributed by atoms with van der Waals surface area (Å²) < 4.78 is 6.71. The van der Waals surface area contributed by atoms with Crippen LogP contribution < -0.4 is 5.32 Å². The maximum atomic E-state index is 12.8. The Morgan fingerprint density at radius 2 is 1.75 bits per heavy atom. The largest absolute Gasteiger partial charge is 0.354 e. The van der Waals surface area contributed by atoms with Gasteiger partial charge in [-0.25, -0.2) is 0 Å². The van der Waals surface area contributed by atoms with Crippen molar-refractivity contribution in [1.82, 2.24) is 5.32 Å². The minimum atomic E-state index is -0.477. The number of amides is 1. The lowest BCUT2D eigenvalue weighted by molar-refractivity contribution is 0.0337. The lowest BCUT2D eigenvalue weighted by Crippen LogP contribution is -2.30. The van der Waals surface area contributed by atoms with Crippen molar-refractivity contribution < 1.29 is 9.53 Å². The Hall–Kier alpha value is -2.17. The van der Waals surface area contributed by atoms with Crippen molar-refractivity contribution in [2.75, 3.05) is 6.61 Å². The van der Waals surface area contributed by atoms with Gasteiger partial charge in [0.25, 0.3) is 5.91 Å². The van der Waals surface area contributed by atoms with Crippen LogP contribution in [0.15, 0.2) is 71.2 Å². The highest BCUT2D eigenvalue weighted by molar-refractivity contribution is 9.10. The first-order chi connectivity index (χ1) is 11.7. The molecule has 0 bridgehead atoms. The van der Waals surface area contributed by atoms with Crippen molar-refractivity contribution in [3.05, 3.63) is 82.3 Å². The standard InChI is InChI=1S/C20H18BrNO2/c1-2-24-20(15-10-12-16(21)13-11-15)22-19(23)18-9-5-7-14-6-3-4-8-17(14)18/h3-13,20H,2H2,1H3,(H,22,23). The quantitative estimate of drug-likeness (QED) is 0.624. The average Bonchev–Trinajstić information content (AvgIpc) is 2.61. The Kier molecular flexibility index (Phi) is 5.28. The summed E-state index contributed by atoms with van der Waals surface area (Å²) in [6, 6.07) is 21.3. The summed E-state index contributed by atoms with van der Waals surface area (Å²) in [5, 5.41) is 4.96. The number of carbonyl (C=O) groups is 1. The van der Waals surface area contributed by atoms with Gasteiger partial charge in [0.1, 0.15) is 0 Å². The highest BCUT2D eigenvalue weighted by Crippen LogP contribution is 2.21. The molecule has 24 heavy (non-hydrogen) atoms. The molecule has 0 aliphatic heterocycles. The zero-order chi connectivity index (χ0) is 16.9. The fourth-order valence-corrected chi connectivity index (χ4v) is 2.91. The highest BCUT2D eigenvalue weighted by Gasteiger charge is 2.17. The molecule has 4 heteroatoms. The molecular formula is C20H18BrNO2. The summed E-state index contributed by atoms with van der Waals surface area (Å²) in [4.78, 5) is 12.8. The first-order valence-corrected chi connectivity index (χ1v) is 8.64. The van der Waals surface area contributed by atoms with Gasteiger partial charge in [-0.05, 0) is 35.9 Å². The molecule has 0 saturated heterocycles. The molecule has 0 heterocycles. The summed E-state index contributed by atoms with van der Waals surface area (Å²) in [5.41, 5.74) is 1.56. The minimum absolute atomic E-state index is 0.145. The SMILES string of the molecule is CCOC(NC(=O)c1cccc2ccccc12)c1ccc(Br)cc1. The predicted octanol–water partition coefficient (Wildman–Crippen LogP) is 5.07. The van der Waals surface area contributed by atoms with Crippen molar-refractivity contribution >= 4 is 32.6 Å². The number of nitrogens with one attached hydrogen (secondary N) is 1. The molecule has 3 nitrogen and oxygen atoms in total. The molecule has 3 aromatic carbocycles.